The molecular weight excluding hydrogens is 200 g/mol. The summed E-state index contributed by atoms with van der Waals surface area (Å²) in [5.41, 5.74) is 0.321. The molecule has 1 aliphatic carbocycles. The molecule has 0 bridgehead atoms. The molecule has 1 rings (SSSR count). The van der Waals surface area contributed by atoms with Crippen molar-refractivity contribution in [3.05, 3.63) is 0 Å². The van der Waals surface area contributed by atoms with Gasteiger partial charge in [0.1, 0.15) is 6.10 Å². The molecule has 0 amide bonds. The molecule has 0 saturated heterocycles. The molecule has 1 aliphatic rings. The Hall–Kier alpha value is -0.530. The van der Waals surface area contributed by atoms with Crippen LogP contribution in [-0.4, -0.2) is 12.1 Å². The van der Waals surface area contributed by atoms with Crippen LogP contribution in [0, 0.1) is 11.3 Å². The van der Waals surface area contributed by atoms with E-state index in [9.17, 15) is 4.79 Å². The number of carbonyl (C=O) groups excluding carboxylic acids is 1. The highest BCUT2D eigenvalue weighted by Crippen LogP contribution is 2.37. The number of esters is 1. The fourth-order valence-corrected chi connectivity index (χ4v) is 2.53. The first-order valence-electron chi connectivity index (χ1n) is 6.64. The Labute approximate surface area is 99.8 Å². The lowest BCUT2D eigenvalue weighted by molar-refractivity contribution is -0.153. The molecule has 0 radical (unpaired) electrons. The quantitative estimate of drug-likeness (QED) is 0.538. The molecule has 0 N–H and O–H groups in total. The van der Waals surface area contributed by atoms with Crippen LogP contribution in [0.3, 0.4) is 0 Å². The molecule has 0 aromatic rings. The van der Waals surface area contributed by atoms with Gasteiger partial charge in [0.2, 0.25) is 0 Å². The Morgan fingerprint density at radius 1 is 1.44 bits per heavy atom. The number of hydrogen-bond donors (Lipinski definition) is 0. The van der Waals surface area contributed by atoms with Crippen LogP contribution in [0.2, 0.25) is 0 Å². The van der Waals surface area contributed by atoms with Gasteiger partial charge in [0.15, 0.2) is 0 Å². The second-order valence-electron chi connectivity index (χ2n) is 6.02. The van der Waals surface area contributed by atoms with E-state index in [0.717, 1.165) is 12.8 Å². The SMILES string of the molecule is CCCC(=O)OC1CC(C)(C)CCCC1C. The molecule has 94 valence electrons. The molecule has 0 aliphatic heterocycles. The maximum atomic E-state index is 11.6. The maximum absolute atomic E-state index is 11.6. The van der Waals surface area contributed by atoms with Crippen molar-refractivity contribution in [2.45, 2.75) is 72.3 Å². The highest BCUT2D eigenvalue weighted by Gasteiger charge is 2.32. The van der Waals surface area contributed by atoms with Crippen LogP contribution in [0.4, 0.5) is 0 Å². The van der Waals surface area contributed by atoms with Crippen LogP contribution in [0.5, 0.6) is 0 Å². The molecule has 2 unspecified atom stereocenters. The van der Waals surface area contributed by atoms with Crippen molar-refractivity contribution in [2.24, 2.45) is 11.3 Å². The molecule has 0 aromatic heterocycles. The first-order chi connectivity index (χ1) is 7.44. The van der Waals surface area contributed by atoms with Crippen LogP contribution in [0.1, 0.15) is 66.2 Å². The largest absolute Gasteiger partial charge is 0.462 e. The van der Waals surface area contributed by atoms with Gasteiger partial charge in [-0.2, -0.15) is 0 Å². The minimum atomic E-state index is -0.0166. The van der Waals surface area contributed by atoms with Gasteiger partial charge in [0, 0.05) is 6.42 Å². The number of hydrogen-bond acceptors (Lipinski definition) is 2. The van der Waals surface area contributed by atoms with Gasteiger partial charge in [-0.05, 0) is 37.0 Å². The zero-order valence-electron chi connectivity index (χ0n) is 11.2. The number of ether oxygens (including phenoxy) is 1. The standard InChI is InChI=1S/C14H26O2/c1-5-7-13(15)16-12-10-14(3,4)9-6-8-11(12)2/h11-12H,5-10H2,1-4H3. The van der Waals surface area contributed by atoms with Gasteiger partial charge in [-0.3, -0.25) is 4.79 Å². The van der Waals surface area contributed by atoms with E-state index in [1.807, 2.05) is 6.92 Å². The lowest BCUT2D eigenvalue weighted by Gasteiger charge is -2.28. The van der Waals surface area contributed by atoms with Gasteiger partial charge in [-0.25, -0.2) is 0 Å². The molecule has 0 aromatic carbocycles. The molecule has 2 atom stereocenters. The smallest absolute Gasteiger partial charge is 0.306 e. The molecule has 2 heteroatoms. The van der Waals surface area contributed by atoms with Crippen molar-refractivity contribution >= 4 is 5.97 Å². The molecule has 2 nitrogen and oxygen atoms in total. The normalized spacial score (nSPS) is 29.5. The predicted octanol–water partition coefficient (Wildman–Crippen LogP) is 3.93. The summed E-state index contributed by atoms with van der Waals surface area (Å²) in [6, 6.07) is 0. The lowest BCUT2D eigenvalue weighted by atomic mass is 9.83. The maximum Gasteiger partial charge on any atom is 0.306 e. The Morgan fingerprint density at radius 2 is 2.12 bits per heavy atom. The number of carbonyl (C=O) groups is 1. The van der Waals surface area contributed by atoms with Gasteiger partial charge in [-0.1, -0.05) is 34.1 Å². The van der Waals surface area contributed by atoms with E-state index in [1.54, 1.807) is 0 Å². The second-order valence-corrected chi connectivity index (χ2v) is 6.02. The molecular formula is C14H26O2. The van der Waals surface area contributed by atoms with Crippen LogP contribution < -0.4 is 0 Å². The minimum Gasteiger partial charge on any atom is -0.462 e. The van der Waals surface area contributed by atoms with Crippen LogP contribution in [0.15, 0.2) is 0 Å². The molecule has 0 heterocycles. The average molecular weight is 226 g/mol. The van der Waals surface area contributed by atoms with E-state index < -0.39 is 0 Å². The topological polar surface area (TPSA) is 26.3 Å². The van der Waals surface area contributed by atoms with Crippen LogP contribution >= 0.6 is 0 Å². The Morgan fingerprint density at radius 3 is 2.75 bits per heavy atom. The van der Waals surface area contributed by atoms with Gasteiger partial charge >= 0.3 is 5.97 Å². The van der Waals surface area contributed by atoms with Crippen LogP contribution in [-0.2, 0) is 9.53 Å². The zero-order valence-corrected chi connectivity index (χ0v) is 11.2. The van der Waals surface area contributed by atoms with E-state index in [2.05, 4.69) is 20.8 Å². The van der Waals surface area contributed by atoms with E-state index >= 15 is 0 Å². The first-order valence-corrected chi connectivity index (χ1v) is 6.64. The highest BCUT2D eigenvalue weighted by atomic mass is 16.5. The zero-order chi connectivity index (χ0) is 12.2. The predicted molar refractivity (Wildman–Crippen MR) is 66.2 cm³/mol. The summed E-state index contributed by atoms with van der Waals surface area (Å²) in [4.78, 5) is 11.6. The van der Waals surface area contributed by atoms with Gasteiger partial charge in [0.05, 0.1) is 0 Å². The second kappa shape index (κ2) is 5.70. The molecule has 16 heavy (non-hydrogen) atoms. The van der Waals surface area contributed by atoms with E-state index in [4.69, 9.17) is 4.74 Å². The fraction of sp³-hybridized carbons (Fsp3) is 0.929. The van der Waals surface area contributed by atoms with Crippen LogP contribution in [0.25, 0.3) is 0 Å². The minimum absolute atomic E-state index is 0.0166. The molecule has 0 spiro atoms. The van der Waals surface area contributed by atoms with Gasteiger partial charge in [0.25, 0.3) is 0 Å². The third-order valence-corrected chi connectivity index (χ3v) is 3.64. The van der Waals surface area contributed by atoms with Crippen molar-refractivity contribution in [3.63, 3.8) is 0 Å². The summed E-state index contributed by atoms with van der Waals surface area (Å²) >= 11 is 0. The van der Waals surface area contributed by atoms with Crippen molar-refractivity contribution in [3.8, 4) is 0 Å². The van der Waals surface area contributed by atoms with E-state index in [-0.39, 0.29) is 12.1 Å². The van der Waals surface area contributed by atoms with Crippen molar-refractivity contribution in [1.82, 2.24) is 0 Å². The summed E-state index contributed by atoms with van der Waals surface area (Å²) in [6.07, 6.45) is 6.29. The van der Waals surface area contributed by atoms with Gasteiger partial charge < -0.3 is 4.74 Å². The third-order valence-electron chi connectivity index (χ3n) is 3.64. The Bertz CT molecular complexity index is 233. The van der Waals surface area contributed by atoms with Crippen molar-refractivity contribution < 1.29 is 9.53 Å². The lowest BCUT2D eigenvalue weighted by Crippen LogP contribution is -2.28. The van der Waals surface area contributed by atoms with Crippen molar-refractivity contribution in [2.75, 3.05) is 0 Å². The third kappa shape index (κ3) is 4.15. The molecule has 1 saturated carbocycles. The fourth-order valence-electron chi connectivity index (χ4n) is 2.53. The number of rotatable bonds is 3. The Balaban J connectivity index is 2.57. The van der Waals surface area contributed by atoms with E-state index in [0.29, 0.717) is 17.8 Å². The molecule has 1 fully saturated rings. The monoisotopic (exact) mass is 226 g/mol. The summed E-state index contributed by atoms with van der Waals surface area (Å²) < 4.78 is 5.62. The summed E-state index contributed by atoms with van der Waals surface area (Å²) in [5, 5.41) is 0. The Kier molecular flexibility index (Phi) is 4.82. The van der Waals surface area contributed by atoms with E-state index in [1.165, 1.54) is 19.3 Å². The summed E-state index contributed by atoms with van der Waals surface area (Å²) in [5.74, 6) is 0.500. The summed E-state index contributed by atoms with van der Waals surface area (Å²) in [7, 11) is 0. The average Bonchev–Trinajstić information content (AvgIpc) is 2.26. The van der Waals surface area contributed by atoms with Crippen molar-refractivity contribution in [1.29, 1.82) is 0 Å². The highest BCUT2D eigenvalue weighted by molar-refractivity contribution is 5.69. The van der Waals surface area contributed by atoms with Gasteiger partial charge in [-0.15, -0.1) is 0 Å². The first kappa shape index (κ1) is 13.5. The summed E-state index contributed by atoms with van der Waals surface area (Å²) in [6.45, 7) is 8.80.